The highest BCUT2D eigenvalue weighted by atomic mass is 16.3. The Kier molecular flexibility index (Phi) is 5.70. The lowest BCUT2D eigenvalue weighted by Gasteiger charge is -2.19. The fraction of sp³-hybridized carbons (Fsp3) is 0. The van der Waals surface area contributed by atoms with Gasteiger partial charge in [-0.1, -0.05) is 140 Å². The summed E-state index contributed by atoms with van der Waals surface area (Å²) in [5, 5.41) is 11.7. The van der Waals surface area contributed by atoms with Crippen LogP contribution in [0.4, 0.5) is 0 Å². The van der Waals surface area contributed by atoms with Crippen molar-refractivity contribution in [3.63, 3.8) is 0 Å². The van der Waals surface area contributed by atoms with Gasteiger partial charge in [0.25, 0.3) is 0 Å². The van der Waals surface area contributed by atoms with E-state index in [1.807, 2.05) is 6.07 Å². The number of hydrogen-bond acceptors (Lipinski definition) is 2. The Morgan fingerprint density at radius 2 is 0.880 bits per heavy atom. The van der Waals surface area contributed by atoms with E-state index < -0.39 is 0 Å². The van der Waals surface area contributed by atoms with E-state index in [9.17, 15) is 0 Å². The van der Waals surface area contributed by atoms with Crippen LogP contribution in [0.2, 0.25) is 0 Å². The highest BCUT2D eigenvalue weighted by Gasteiger charge is 2.23. The molecule has 2 aromatic heterocycles. The Morgan fingerprint density at radius 3 is 1.62 bits per heavy atom. The summed E-state index contributed by atoms with van der Waals surface area (Å²) in [6.45, 7) is 0. The lowest BCUT2D eigenvalue weighted by Crippen LogP contribution is -1.92. The van der Waals surface area contributed by atoms with E-state index in [-0.39, 0.29) is 0 Å². The van der Waals surface area contributed by atoms with Gasteiger partial charge in [-0.3, -0.25) is 0 Å². The predicted octanol–water partition coefficient (Wildman–Crippen LogP) is 13.9. The molecule has 2 heterocycles. The fourth-order valence-corrected chi connectivity index (χ4v) is 8.32. The van der Waals surface area contributed by atoms with E-state index in [2.05, 4.69) is 164 Å². The van der Waals surface area contributed by atoms with Crippen molar-refractivity contribution in [1.82, 2.24) is 0 Å². The van der Waals surface area contributed by atoms with Crippen LogP contribution in [0.3, 0.4) is 0 Å². The van der Waals surface area contributed by atoms with Gasteiger partial charge in [-0.15, -0.1) is 0 Å². The largest absolute Gasteiger partial charge is 0.456 e. The van der Waals surface area contributed by atoms with Crippen molar-refractivity contribution in [1.29, 1.82) is 0 Å². The number of hydrogen-bond donors (Lipinski definition) is 0. The number of para-hydroxylation sites is 1. The number of rotatable bonds is 3. The molecule has 0 atom stereocenters. The molecule has 0 unspecified atom stereocenters. The molecule has 0 spiro atoms. The van der Waals surface area contributed by atoms with Crippen molar-refractivity contribution in [2.75, 3.05) is 0 Å². The van der Waals surface area contributed by atoms with Crippen LogP contribution in [0.1, 0.15) is 0 Å². The number of fused-ring (bicyclic) bond motifs is 10. The van der Waals surface area contributed by atoms with Gasteiger partial charge in [0, 0.05) is 26.9 Å². The lowest BCUT2D eigenvalue weighted by molar-refractivity contribution is 0.669. The Hall–Kier alpha value is -6.64. The van der Waals surface area contributed by atoms with Gasteiger partial charge in [0.05, 0.1) is 0 Å². The van der Waals surface area contributed by atoms with E-state index in [4.69, 9.17) is 8.83 Å². The SMILES string of the molecule is c1ccc(-c2cc(-c3c4ccccc4c(-c4cccc5oc6c7ccccc7ccc6c45)c4ccccc34)c3c(c2)oc2ccccc23)cc1. The van der Waals surface area contributed by atoms with Crippen molar-refractivity contribution >= 4 is 76.2 Å². The highest BCUT2D eigenvalue weighted by molar-refractivity contribution is 6.29. The first kappa shape index (κ1) is 27.3. The summed E-state index contributed by atoms with van der Waals surface area (Å²) >= 11 is 0. The van der Waals surface area contributed by atoms with Crippen molar-refractivity contribution in [3.8, 4) is 33.4 Å². The molecular weight excluding hydrogens is 609 g/mol. The van der Waals surface area contributed by atoms with Crippen LogP contribution >= 0.6 is 0 Å². The van der Waals surface area contributed by atoms with E-state index >= 15 is 0 Å². The maximum atomic E-state index is 6.67. The summed E-state index contributed by atoms with van der Waals surface area (Å²) in [5.41, 5.74) is 10.7. The third-order valence-electron chi connectivity index (χ3n) is 10.4. The van der Waals surface area contributed by atoms with E-state index in [0.717, 1.165) is 60.4 Å². The van der Waals surface area contributed by atoms with Gasteiger partial charge in [-0.05, 0) is 90.6 Å². The molecule has 0 N–H and O–H groups in total. The molecule has 0 saturated heterocycles. The molecule has 50 heavy (non-hydrogen) atoms. The van der Waals surface area contributed by atoms with E-state index in [0.29, 0.717) is 0 Å². The molecule has 0 saturated carbocycles. The molecule has 2 heteroatoms. The van der Waals surface area contributed by atoms with Gasteiger partial charge in [0.1, 0.15) is 22.3 Å². The molecule has 9 aromatic carbocycles. The molecular formula is C48H28O2. The summed E-state index contributed by atoms with van der Waals surface area (Å²) in [6.07, 6.45) is 0. The standard InChI is InChI=1S/C48H28O2/c1-2-13-29(14-3-1)31-27-40(46-37-21-10-11-23-41(37)49-43(46)28-31)45-35-19-8-6-17-33(35)44(34-18-7-9-20-36(34)45)38-22-12-24-42-47(38)39-26-25-30-15-4-5-16-32(30)48(39)50-42/h1-28H. The van der Waals surface area contributed by atoms with Gasteiger partial charge in [0.15, 0.2) is 0 Å². The molecule has 0 bridgehead atoms. The van der Waals surface area contributed by atoms with Crippen LogP contribution in [0, 0.1) is 0 Å². The molecule has 0 aliphatic rings. The topological polar surface area (TPSA) is 26.3 Å². The van der Waals surface area contributed by atoms with Crippen molar-refractivity contribution in [2.24, 2.45) is 0 Å². The lowest BCUT2D eigenvalue weighted by atomic mass is 9.83. The van der Waals surface area contributed by atoms with Crippen LogP contribution in [0.5, 0.6) is 0 Å². The minimum atomic E-state index is 0.890. The molecule has 0 amide bonds. The molecule has 0 fully saturated rings. The highest BCUT2D eigenvalue weighted by Crippen LogP contribution is 2.50. The summed E-state index contributed by atoms with van der Waals surface area (Å²) in [6, 6.07) is 60.7. The smallest absolute Gasteiger partial charge is 0.143 e. The Bertz CT molecular complexity index is 3080. The monoisotopic (exact) mass is 636 g/mol. The second-order valence-electron chi connectivity index (χ2n) is 13.1. The predicted molar refractivity (Wildman–Crippen MR) is 210 cm³/mol. The number of benzene rings is 9. The second kappa shape index (κ2) is 10.4. The molecule has 11 rings (SSSR count). The van der Waals surface area contributed by atoms with Crippen LogP contribution in [0.25, 0.3) is 110 Å². The van der Waals surface area contributed by atoms with Gasteiger partial charge < -0.3 is 8.83 Å². The quantitative estimate of drug-likeness (QED) is 0.180. The Labute approximate surface area is 287 Å². The Balaban J connectivity index is 1.30. The first-order valence-electron chi connectivity index (χ1n) is 17.1. The summed E-state index contributed by atoms with van der Waals surface area (Å²) < 4.78 is 13.3. The maximum absolute atomic E-state index is 6.67. The molecule has 0 radical (unpaired) electrons. The van der Waals surface area contributed by atoms with Crippen LogP contribution in [0.15, 0.2) is 179 Å². The molecule has 232 valence electrons. The first-order valence-corrected chi connectivity index (χ1v) is 17.1. The van der Waals surface area contributed by atoms with Crippen molar-refractivity contribution in [3.05, 3.63) is 170 Å². The van der Waals surface area contributed by atoms with Crippen molar-refractivity contribution in [2.45, 2.75) is 0 Å². The zero-order valence-electron chi connectivity index (χ0n) is 27.0. The normalized spacial score (nSPS) is 12.0. The first-order chi connectivity index (χ1) is 24.8. The van der Waals surface area contributed by atoms with Crippen LogP contribution in [-0.4, -0.2) is 0 Å². The van der Waals surface area contributed by atoms with E-state index in [1.165, 1.54) is 49.2 Å². The summed E-state index contributed by atoms with van der Waals surface area (Å²) in [5.74, 6) is 0. The van der Waals surface area contributed by atoms with Gasteiger partial charge in [-0.25, -0.2) is 0 Å². The third kappa shape index (κ3) is 3.85. The van der Waals surface area contributed by atoms with Gasteiger partial charge in [0.2, 0.25) is 0 Å². The molecule has 0 aliphatic heterocycles. The van der Waals surface area contributed by atoms with E-state index in [1.54, 1.807) is 0 Å². The van der Waals surface area contributed by atoms with Crippen LogP contribution in [-0.2, 0) is 0 Å². The second-order valence-corrected chi connectivity index (χ2v) is 13.1. The molecule has 0 aliphatic carbocycles. The maximum Gasteiger partial charge on any atom is 0.143 e. The van der Waals surface area contributed by atoms with Gasteiger partial charge >= 0.3 is 0 Å². The van der Waals surface area contributed by atoms with Crippen LogP contribution < -0.4 is 0 Å². The number of furan rings is 2. The minimum absolute atomic E-state index is 0.890. The minimum Gasteiger partial charge on any atom is -0.456 e. The summed E-state index contributed by atoms with van der Waals surface area (Å²) in [7, 11) is 0. The third-order valence-corrected chi connectivity index (χ3v) is 10.4. The average Bonchev–Trinajstić information content (AvgIpc) is 3.76. The van der Waals surface area contributed by atoms with Gasteiger partial charge in [-0.2, -0.15) is 0 Å². The average molecular weight is 637 g/mol. The zero-order chi connectivity index (χ0) is 32.8. The molecule has 2 nitrogen and oxygen atoms in total. The molecule has 11 aromatic rings. The van der Waals surface area contributed by atoms with Crippen molar-refractivity contribution < 1.29 is 8.83 Å². The summed E-state index contributed by atoms with van der Waals surface area (Å²) in [4.78, 5) is 0. The fourth-order valence-electron chi connectivity index (χ4n) is 8.32. The zero-order valence-corrected chi connectivity index (χ0v) is 27.0. The Morgan fingerprint density at radius 1 is 0.300 bits per heavy atom.